The SMILES string of the molecule is Nc1cccc(C(=O)NCC(c2ccccc2)N2CCOCC2)c1. The maximum atomic E-state index is 12.4. The fourth-order valence-electron chi connectivity index (χ4n) is 2.99. The number of benzene rings is 2. The van der Waals surface area contributed by atoms with Gasteiger partial charge in [0.1, 0.15) is 0 Å². The predicted molar refractivity (Wildman–Crippen MR) is 94.8 cm³/mol. The van der Waals surface area contributed by atoms with Crippen LogP contribution in [0, 0.1) is 0 Å². The van der Waals surface area contributed by atoms with Crippen LogP contribution < -0.4 is 11.1 Å². The number of hydrogen-bond acceptors (Lipinski definition) is 4. The van der Waals surface area contributed by atoms with Gasteiger partial charge in [-0.2, -0.15) is 0 Å². The van der Waals surface area contributed by atoms with Crippen LogP contribution in [0.5, 0.6) is 0 Å². The summed E-state index contributed by atoms with van der Waals surface area (Å²) in [4.78, 5) is 14.8. The summed E-state index contributed by atoms with van der Waals surface area (Å²) < 4.78 is 5.45. The maximum absolute atomic E-state index is 12.4. The van der Waals surface area contributed by atoms with Crippen LogP contribution >= 0.6 is 0 Å². The van der Waals surface area contributed by atoms with E-state index in [0.29, 0.717) is 17.8 Å². The molecule has 1 aliphatic heterocycles. The third-order valence-electron chi connectivity index (χ3n) is 4.28. The molecule has 1 aliphatic rings. The van der Waals surface area contributed by atoms with Crippen LogP contribution in [0.2, 0.25) is 0 Å². The van der Waals surface area contributed by atoms with Crippen LogP contribution in [0.4, 0.5) is 5.69 Å². The summed E-state index contributed by atoms with van der Waals surface area (Å²) in [5, 5.41) is 3.05. The van der Waals surface area contributed by atoms with Gasteiger partial charge in [0, 0.05) is 30.9 Å². The largest absolute Gasteiger partial charge is 0.399 e. The number of hydrogen-bond donors (Lipinski definition) is 2. The minimum absolute atomic E-state index is 0.100. The molecule has 2 aromatic rings. The van der Waals surface area contributed by atoms with E-state index in [1.165, 1.54) is 5.56 Å². The standard InChI is InChI=1S/C19H23N3O2/c20-17-8-4-7-16(13-17)19(23)21-14-18(15-5-2-1-3-6-15)22-9-11-24-12-10-22/h1-8,13,18H,9-12,14,20H2,(H,21,23). The highest BCUT2D eigenvalue weighted by molar-refractivity contribution is 5.95. The molecule has 0 saturated carbocycles. The summed E-state index contributed by atoms with van der Waals surface area (Å²) in [6, 6.07) is 17.5. The first-order valence-electron chi connectivity index (χ1n) is 8.24. The summed E-state index contributed by atoms with van der Waals surface area (Å²) in [5.74, 6) is -0.100. The molecule has 0 aliphatic carbocycles. The van der Waals surface area contributed by atoms with Gasteiger partial charge in [0.05, 0.1) is 19.3 Å². The molecular weight excluding hydrogens is 302 g/mol. The van der Waals surface area contributed by atoms with Gasteiger partial charge in [-0.3, -0.25) is 9.69 Å². The van der Waals surface area contributed by atoms with E-state index in [9.17, 15) is 4.79 Å². The molecule has 3 N–H and O–H groups in total. The van der Waals surface area contributed by atoms with E-state index >= 15 is 0 Å². The fraction of sp³-hybridized carbons (Fsp3) is 0.316. The summed E-state index contributed by atoms with van der Waals surface area (Å²) in [6.07, 6.45) is 0. The Hall–Kier alpha value is -2.37. The number of nitrogen functional groups attached to an aromatic ring is 1. The van der Waals surface area contributed by atoms with Crippen molar-refractivity contribution in [2.24, 2.45) is 0 Å². The molecule has 0 spiro atoms. The van der Waals surface area contributed by atoms with Gasteiger partial charge in [-0.15, -0.1) is 0 Å². The highest BCUT2D eigenvalue weighted by Gasteiger charge is 2.23. The molecule has 1 atom stereocenters. The van der Waals surface area contributed by atoms with E-state index in [4.69, 9.17) is 10.5 Å². The summed E-state index contributed by atoms with van der Waals surface area (Å²) in [5.41, 5.74) is 8.14. The molecule has 0 bridgehead atoms. The lowest BCUT2D eigenvalue weighted by molar-refractivity contribution is 0.0162. The molecule has 1 heterocycles. The van der Waals surface area contributed by atoms with Gasteiger partial charge < -0.3 is 15.8 Å². The van der Waals surface area contributed by atoms with Crippen molar-refractivity contribution in [3.05, 3.63) is 65.7 Å². The first-order valence-corrected chi connectivity index (χ1v) is 8.24. The average Bonchev–Trinajstić information content (AvgIpc) is 2.63. The second kappa shape index (κ2) is 7.95. The second-order valence-electron chi connectivity index (χ2n) is 5.91. The van der Waals surface area contributed by atoms with Crippen molar-refractivity contribution in [1.82, 2.24) is 10.2 Å². The van der Waals surface area contributed by atoms with Crippen molar-refractivity contribution in [2.75, 3.05) is 38.6 Å². The monoisotopic (exact) mass is 325 g/mol. The topological polar surface area (TPSA) is 67.6 Å². The first kappa shape index (κ1) is 16.5. The van der Waals surface area contributed by atoms with E-state index in [0.717, 1.165) is 26.3 Å². The lowest BCUT2D eigenvalue weighted by atomic mass is 10.0. The number of morpholine rings is 1. The Balaban J connectivity index is 1.71. The number of nitrogens with two attached hydrogens (primary N) is 1. The molecule has 0 radical (unpaired) electrons. The lowest BCUT2D eigenvalue weighted by Gasteiger charge is -2.35. The van der Waals surface area contributed by atoms with E-state index in [-0.39, 0.29) is 11.9 Å². The molecule has 1 unspecified atom stereocenters. The molecule has 2 aromatic carbocycles. The zero-order chi connectivity index (χ0) is 16.8. The number of anilines is 1. The van der Waals surface area contributed by atoms with Crippen LogP contribution in [-0.4, -0.2) is 43.7 Å². The van der Waals surface area contributed by atoms with Gasteiger partial charge in [-0.05, 0) is 23.8 Å². The van der Waals surface area contributed by atoms with Crippen molar-refractivity contribution in [1.29, 1.82) is 0 Å². The zero-order valence-corrected chi connectivity index (χ0v) is 13.7. The maximum Gasteiger partial charge on any atom is 0.251 e. The van der Waals surface area contributed by atoms with Crippen molar-refractivity contribution in [2.45, 2.75) is 6.04 Å². The third-order valence-corrected chi connectivity index (χ3v) is 4.28. The van der Waals surface area contributed by atoms with Gasteiger partial charge in [-0.1, -0.05) is 36.4 Å². The Morgan fingerprint density at radius 2 is 1.88 bits per heavy atom. The highest BCUT2D eigenvalue weighted by atomic mass is 16.5. The third kappa shape index (κ3) is 4.13. The Morgan fingerprint density at radius 3 is 2.58 bits per heavy atom. The number of carbonyl (C=O) groups excluding carboxylic acids is 1. The van der Waals surface area contributed by atoms with Crippen LogP contribution in [0.1, 0.15) is 22.0 Å². The minimum atomic E-state index is -0.100. The van der Waals surface area contributed by atoms with Crippen molar-refractivity contribution in [3.8, 4) is 0 Å². The quantitative estimate of drug-likeness (QED) is 0.826. The molecule has 126 valence electrons. The van der Waals surface area contributed by atoms with Crippen molar-refractivity contribution in [3.63, 3.8) is 0 Å². The Bertz CT molecular complexity index is 669. The molecule has 1 saturated heterocycles. The average molecular weight is 325 g/mol. The fourth-order valence-corrected chi connectivity index (χ4v) is 2.99. The number of ether oxygens (including phenoxy) is 1. The van der Waals surface area contributed by atoms with Gasteiger partial charge in [0.2, 0.25) is 0 Å². The Kier molecular flexibility index (Phi) is 5.46. The zero-order valence-electron chi connectivity index (χ0n) is 13.7. The molecule has 24 heavy (non-hydrogen) atoms. The lowest BCUT2D eigenvalue weighted by Crippen LogP contribution is -2.43. The highest BCUT2D eigenvalue weighted by Crippen LogP contribution is 2.21. The van der Waals surface area contributed by atoms with E-state index < -0.39 is 0 Å². The summed E-state index contributed by atoms with van der Waals surface area (Å²) in [6.45, 7) is 3.75. The predicted octanol–water partition coefficient (Wildman–Crippen LogP) is 2.07. The number of amides is 1. The first-order chi connectivity index (χ1) is 11.7. The normalized spacial score (nSPS) is 16.5. The molecular formula is C19H23N3O2. The van der Waals surface area contributed by atoms with Gasteiger partial charge in [-0.25, -0.2) is 0 Å². The van der Waals surface area contributed by atoms with Crippen LogP contribution in [0.15, 0.2) is 54.6 Å². The number of nitrogens with one attached hydrogen (secondary N) is 1. The van der Waals surface area contributed by atoms with Crippen molar-refractivity contribution < 1.29 is 9.53 Å². The molecule has 1 fully saturated rings. The van der Waals surface area contributed by atoms with E-state index in [2.05, 4.69) is 22.3 Å². The number of carbonyl (C=O) groups is 1. The molecule has 5 heteroatoms. The van der Waals surface area contributed by atoms with Crippen molar-refractivity contribution >= 4 is 11.6 Å². The van der Waals surface area contributed by atoms with E-state index in [1.807, 2.05) is 18.2 Å². The van der Waals surface area contributed by atoms with Gasteiger partial charge >= 0.3 is 0 Å². The van der Waals surface area contributed by atoms with Crippen LogP contribution in [0.25, 0.3) is 0 Å². The van der Waals surface area contributed by atoms with E-state index in [1.54, 1.807) is 24.3 Å². The number of rotatable bonds is 5. The van der Waals surface area contributed by atoms with Crippen LogP contribution in [-0.2, 0) is 4.74 Å². The molecule has 1 amide bonds. The summed E-state index contributed by atoms with van der Waals surface area (Å²) >= 11 is 0. The second-order valence-corrected chi connectivity index (χ2v) is 5.91. The Labute approximate surface area is 142 Å². The molecule has 3 rings (SSSR count). The minimum Gasteiger partial charge on any atom is -0.399 e. The van der Waals surface area contributed by atoms with Gasteiger partial charge in [0.15, 0.2) is 0 Å². The smallest absolute Gasteiger partial charge is 0.251 e. The van der Waals surface area contributed by atoms with Gasteiger partial charge in [0.25, 0.3) is 5.91 Å². The summed E-state index contributed by atoms with van der Waals surface area (Å²) in [7, 11) is 0. The van der Waals surface area contributed by atoms with Crippen LogP contribution in [0.3, 0.4) is 0 Å². The molecule has 0 aromatic heterocycles. The number of nitrogens with zero attached hydrogens (tertiary/aromatic N) is 1. The Morgan fingerprint density at radius 1 is 1.12 bits per heavy atom. The molecule has 5 nitrogen and oxygen atoms in total.